The van der Waals surface area contributed by atoms with Crippen LogP contribution in [0.5, 0.6) is 0 Å². The van der Waals surface area contributed by atoms with E-state index in [1.165, 1.54) is 13.0 Å². The molecule has 0 amide bonds. The van der Waals surface area contributed by atoms with E-state index in [4.69, 9.17) is 5.26 Å². The molecule has 1 aliphatic rings. The van der Waals surface area contributed by atoms with Gasteiger partial charge in [0.25, 0.3) is 0 Å². The lowest BCUT2D eigenvalue weighted by Gasteiger charge is -2.38. The van der Waals surface area contributed by atoms with Crippen molar-refractivity contribution in [2.75, 3.05) is 13.1 Å². The molecule has 1 atom stereocenters. The van der Waals surface area contributed by atoms with Crippen molar-refractivity contribution in [2.45, 2.75) is 32.2 Å². The third kappa shape index (κ3) is 1.71. The number of rotatable bonds is 3. The second-order valence-electron chi connectivity index (χ2n) is 2.94. The van der Waals surface area contributed by atoms with Gasteiger partial charge in [0.05, 0.1) is 6.07 Å². The van der Waals surface area contributed by atoms with E-state index in [1.54, 1.807) is 0 Å². The highest BCUT2D eigenvalue weighted by atomic mass is 15.2. The maximum Gasteiger partial charge on any atom is 0.0622 e. The normalized spacial score (nSPS) is 25.4. The standard InChI is InChI=1S/C8H14N2/c1-8-4-7-10(8)6-3-2-5-9/h8H,2-4,6-7H2,1H3. The molecule has 56 valence electrons. The molecule has 0 bridgehead atoms. The zero-order chi connectivity index (χ0) is 7.40. The lowest BCUT2D eigenvalue weighted by Crippen LogP contribution is -2.45. The molecule has 0 spiro atoms. The van der Waals surface area contributed by atoms with Gasteiger partial charge in [-0.05, 0) is 32.9 Å². The van der Waals surface area contributed by atoms with Gasteiger partial charge in [-0.25, -0.2) is 0 Å². The van der Waals surface area contributed by atoms with Gasteiger partial charge < -0.3 is 4.90 Å². The van der Waals surface area contributed by atoms with E-state index in [0.717, 1.165) is 19.0 Å². The SMILES string of the molecule is CC1CCN1CCCC#N. The van der Waals surface area contributed by atoms with Crippen molar-refractivity contribution >= 4 is 0 Å². The van der Waals surface area contributed by atoms with Crippen LogP contribution in [0.25, 0.3) is 0 Å². The van der Waals surface area contributed by atoms with Crippen LogP contribution in [0, 0.1) is 11.3 Å². The molecular formula is C8H14N2. The topological polar surface area (TPSA) is 27.0 Å². The lowest BCUT2D eigenvalue weighted by molar-refractivity contribution is 0.104. The van der Waals surface area contributed by atoms with Crippen molar-refractivity contribution in [2.24, 2.45) is 0 Å². The van der Waals surface area contributed by atoms with Gasteiger partial charge in [0, 0.05) is 12.5 Å². The molecule has 1 fully saturated rings. The zero-order valence-electron chi connectivity index (χ0n) is 6.51. The smallest absolute Gasteiger partial charge is 0.0622 e. The Labute approximate surface area is 62.4 Å². The monoisotopic (exact) mass is 138 g/mol. The number of likely N-dealkylation sites (tertiary alicyclic amines) is 1. The molecule has 0 aliphatic carbocycles. The highest BCUT2D eigenvalue weighted by Gasteiger charge is 2.21. The Morgan fingerprint density at radius 1 is 1.70 bits per heavy atom. The van der Waals surface area contributed by atoms with E-state index < -0.39 is 0 Å². The van der Waals surface area contributed by atoms with Crippen LogP contribution in [0.3, 0.4) is 0 Å². The molecule has 2 heteroatoms. The maximum absolute atomic E-state index is 8.27. The molecule has 0 radical (unpaired) electrons. The van der Waals surface area contributed by atoms with Crippen LogP contribution in [0.4, 0.5) is 0 Å². The van der Waals surface area contributed by atoms with Gasteiger partial charge in [0.2, 0.25) is 0 Å². The molecule has 0 aromatic carbocycles. The quantitative estimate of drug-likeness (QED) is 0.551. The van der Waals surface area contributed by atoms with Crippen LogP contribution in [0.2, 0.25) is 0 Å². The number of hydrogen-bond acceptors (Lipinski definition) is 2. The number of hydrogen-bond donors (Lipinski definition) is 0. The summed E-state index contributed by atoms with van der Waals surface area (Å²) < 4.78 is 0. The Hall–Kier alpha value is -0.550. The third-order valence-electron chi connectivity index (χ3n) is 2.19. The van der Waals surface area contributed by atoms with Crippen molar-refractivity contribution in [3.05, 3.63) is 0 Å². The Morgan fingerprint density at radius 2 is 2.50 bits per heavy atom. The van der Waals surface area contributed by atoms with Gasteiger partial charge in [-0.1, -0.05) is 0 Å². The lowest BCUT2D eigenvalue weighted by atomic mass is 10.1. The van der Waals surface area contributed by atoms with Crippen LogP contribution in [0.15, 0.2) is 0 Å². The summed E-state index contributed by atoms with van der Waals surface area (Å²) in [5, 5.41) is 8.27. The zero-order valence-corrected chi connectivity index (χ0v) is 6.51. The van der Waals surface area contributed by atoms with Gasteiger partial charge >= 0.3 is 0 Å². The average molecular weight is 138 g/mol. The first-order valence-electron chi connectivity index (χ1n) is 3.95. The summed E-state index contributed by atoms with van der Waals surface area (Å²) in [7, 11) is 0. The van der Waals surface area contributed by atoms with E-state index in [1.807, 2.05) is 0 Å². The second kappa shape index (κ2) is 3.58. The summed E-state index contributed by atoms with van der Waals surface area (Å²) in [5.74, 6) is 0. The predicted octanol–water partition coefficient (Wildman–Crippen LogP) is 1.38. The largest absolute Gasteiger partial charge is 0.301 e. The molecule has 0 aromatic heterocycles. The maximum atomic E-state index is 8.27. The van der Waals surface area contributed by atoms with E-state index in [0.29, 0.717) is 6.42 Å². The summed E-state index contributed by atoms with van der Waals surface area (Å²) in [4.78, 5) is 2.43. The Kier molecular flexibility index (Phi) is 2.70. The van der Waals surface area contributed by atoms with Crippen LogP contribution in [-0.2, 0) is 0 Å². The molecule has 1 aliphatic heterocycles. The van der Waals surface area contributed by atoms with E-state index in [-0.39, 0.29) is 0 Å². The van der Waals surface area contributed by atoms with Gasteiger partial charge in [0.1, 0.15) is 0 Å². The summed E-state index contributed by atoms with van der Waals surface area (Å²) >= 11 is 0. The highest BCUT2D eigenvalue weighted by Crippen LogP contribution is 2.16. The molecule has 1 rings (SSSR count). The fraction of sp³-hybridized carbons (Fsp3) is 0.875. The number of unbranched alkanes of at least 4 members (excludes halogenated alkanes) is 1. The molecule has 0 N–H and O–H groups in total. The van der Waals surface area contributed by atoms with Crippen LogP contribution < -0.4 is 0 Å². The highest BCUT2D eigenvalue weighted by molar-refractivity contribution is 4.79. The first-order chi connectivity index (χ1) is 4.84. The summed E-state index contributed by atoms with van der Waals surface area (Å²) in [6.07, 6.45) is 3.09. The fourth-order valence-corrected chi connectivity index (χ4v) is 1.26. The molecule has 1 heterocycles. The Morgan fingerprint density at radius 3 is 2.90 bits per heavy atom. The molecule has 2 nitrogen and oxygen atoms in total. The van der Waals surface area contributed by atoms with E-state index >= 15 is 0 Å². The van der Waals surface area contributed by atoms with Gasteiger partial charge in [-0.3, -0.25) is 0 Å². The van der Waals surface area contributed by atoms with Gasteiger partial charge in [-0.15, -0.1) is 0 Å². The van der Waals surface area contributed by atoms with Crippen molar-refractivity contribution in [1.29, 1.82) is 5.26 Å². The van der Waals surface area contributed by atoms with Crippen LogP contribution in [0.1, 0.15) is 26.2 Å². The Bertz CT molecular complexity index is 137. The molecule has 0 aromatic rings. The van der Waals surface area contributed by atoms with Crippen molar-refractivity contribution in [3.8, 4) is 6.07 Å². The molecule has 10 heavy (non-hydrogen) atoms. The van der Waals surface area contributed by atoms with Crippen molar-refractivity contribution in [3.63, 3.8) is 0 Å². The van der Waals surface area contributed by atoms with Crippen molar-refractivity contribution < 1.29 is 0 Å². The van der Waals surface area contributed by atoms with Gasteiger partial charge in [0.15, 0.2) is 0 Å². The van der Waals surface area contributed by atoms with Crippen LogP contribution in [-0.4, -0.2) is 24.0 Å². The number of nitriles is 1. The molecular weight excluding hydrogens is 124 g/mol. The summed E-state index contributed by atoms with van der Waals surface area (Å²) in [6, 6.07) is 2.94. The number of nitrogens with zero attached hydrogens (tertiary/aromatic N) is 2. The minimum Gasteiger partial charge on any atom is -0.301 e. The fourth-order valence-electron chi connectivity index (χ4n) is 1.26. The average Bonchev–Trinajstić information content (AvgIpc) is 1.95. The molecule has 0 saturated carbocycles. The van der Waals surface area contributed by atoms with E-state index in [9.17, 15) is 0 Å². The van der Waals surface area contributed by atoms with E-state index in [2.05, 4.69) is 17.9 Å². The first-order valence-corrected chi connectivity index (χ1v) is 3.95. The summed E-state index contributed by atoms with van der Waals surface area (Å²) in [6.45, 7) is 4.61. The third-order valence-corrected chi connectivity index (χ3v) is 2.19. The minimum atomic E-state index is 0.712. The summed E-state index contributed by atoms with van der Waals surface area (Å²) in [5.41, 5.74) is 0. The van der Waals surface area contributed by atoms with Crippen LogP contribution >= 0.6 is 0 Å². The predicted molar refractivity (Wildman–Crippen MR) is 40.5 cm³/mol. The molecule has 1 unspecified atom stereocenters. The molecule has 1 saturated heterocycles. The minimum absolute atomic E-state index is 0.712. The van der Waals surface area contributed by atoms with Crippen molar-refractivity contribution in [1.82, 2.24) is 4.90 Å². The van der Waals surface area contributed by atoms with Gasteiger partial charge in [-0.2, -0.15) is 5.26 Å². The second-order valence-corrected chi connectivity index (χ2v) is 2.94. The first kappa shape index (κ1) is 7.56. The Balaban J connectivity index is 1.99.